The van der Waals surface area contributed by atoms with E-state index in [0.29, 0.717) is 5.41 Å². The van der Waals surface area contributed by atoms with Gasteiger partial charge in [-0.2, -0.15) is 0 Å². The monoisotopic (exact) mass is 219 g/mol. The summed E-state index contributed by atoms with van der Waals surface area (Å²) in [5, 5.41) is 0. The molecule has 0 atom stereocenters. The average molecular weight is 219 g/mol. The first kappa shape index (κ1) is 11.2. The first-order valence-electron chi connectivity index (χ1n) is 5.95. The van der Waals surface area contributed by atoms with Crippen molar-refractivity contribution in [2.75, 3.05) is 23.7 Å². The van der Waals surface area contributed by atoms with Gasteiger partial charge in [0.25, 0.3) is 0 Å². The number of anilines is 2. The summed E-state index contributed by atoms with van der Waals surface area (Å²) >= 11 is 0. The highest BCUT2D eigenvalue weighted by Gasteiger charge is 2.25. The number of piperidine rings is 1. The Hall–Kier alpha value is -1.25. The topological polar surface area (TPSA) is 42.2 Å². The molecule has 1 aromatic rings. The van der Waals surface area contributed by atoms with Crippen molar-refractivity contribution in [3.8, 4) is 0 Å². The third kappa shape index (κ3) is 2.29. The number of hydrogen-bond donors (Lipinski definition) is 1. The Balaban J connectivity index is 2.11. The van der Waals surface area contributed by atoms with Gasteiger partial charge in [-0.25, -0.2) is 4.98 Å². The number of aromatic nitrogens is 1. The summed E-state index contributed by atoms with van der Waals surface area (Å²) in [6.45, 7) is 8.92. The Kier molecular flexibility index (Phi) is 2.78. The van der Waals surface area contributed by atoms with Gasteiger partial charge < -0.3 is 10.6 Å². The lowest BCUT2D eigenvalue weighted by atomic mass is 9.83. The van der Waals surface area contributed by atoms with Crippen molar-refractivity contribution >= 4 is 11.5 Å². The van der Waals surface area contributed by atoms with Crippen LogP contribution in [0.3, 0.4) is 0 Å². The molecule has 1 aliphatic rings. The van der Waals surface area contributed by atoms with E-state index in [0.717, 1.165) is 30.2 Å². The summed E-state index contributed by atoms with van der Waals surface area (Å²) in [5.74, 6) is 1.07. The standard InChI is InChI=1S/C13H21N3/c1-10-8-12(15-9-11(10)14)16-6-4-13(2,3)5-7-16/h8-9H,4-7,14H2,1-3H3. The van der Waals surface area contributed by atoms with Crippen LogP contribution >= 0.6 is 0 Å². The highest BCUT2D eigenvalue weighted by atomic mass is 15.2. The lowest BCUT2D eigenvalue weighted by Gasteiger charge is -2.37. The Morgan fingerprint density at radius 3 is 2.50 bits per heavy atom. The van der Waals surface area contributed by atoms with Crippen LogP contribution in [0.2, 0.25) is 0 Å². The molecule has 1 saturated heterocycles. The van der Waals surface area contributed by atoms with E-state index in [-0.39, 0.29) is 0 Å². The molecule has 3 nitrogen and oxygen atoms in total. The van der Waals surface area contributed by atoms with Gasteiger partial charge in [0.15, 0.2) is 0 Å². The minimum absolute atomic E-state index is 0.485. The molecule has 3 heteroatoms. The van der Waals surface area contributed by atoms with Gasteiger partial charge in [-0.15, -0.1) is 0 Å². The van der Waals surface area contributed by atoms with Crippen LogP contribution in [-0.2, 0) is 0 Å². The molecule has 0 radical (unpaired) electrons. The summed E-state index contributed by atoms with van der Waals surface area (Å²) in [4.78, 5) is 6.77. The van der Waals surface area contributed by atoms with Crippen molar-refractivity contribution in [2.24, 2.45) is 5.41 Å². The van der Waals surface area contributed by atoms with Crippen LogP contribution in [0, 0.1) is 12.3 Å². The van der Waals surface area contributed by atoms with Crippen LogP contribution in [0.1, 0.15) is 32.3 Å². The fourth-order valence-electron chi connectivity index (χ4n) is 2.07. The number of aryl methyl sites for hydroxylation is 1. The third-order valence-corrected chi connectivity index (χ3v) is 3.58. The number of rotatable bonds is 1. The minimum atomic E-state index is 0.485. The molecule has 0 aromatic carbocycles. The van der Waals surface area contributed by atoms with Crippen LogP contribution in [0.4, 0.5) is 11.5 Å². The number of nitrogens with zero attached hydrogens (tertiary/aromatic N) is 2. The summed E-state index contributed by atoms with van der Waals surface area (Å²) < 4.78 is 0. The maximum absolute atomic E-state index is 5.78. The Morgan fingerprint density at radius 1 is 1.31 bits per heavy atom. The molecular formula is C13H21N3. The van der Waals surface area contributed by atoms with Crippen LogP contribution < -0.4 is 10.6 Å². The zero-order valence-corrected chi connectivity index (χ0v) is 10.5. The molecule has 1 fully saturated rings. The average Bonchev–Trinajstić information content (AvgIpc) is 2.22. The molecule has 0 bridgehead atoms. The first-order valence-corrected chi connectivity index (χ1v) is 5.95. The van der Waals surface area contributed by atoms with Crippen molar-refractivity contribution in [2.45, 2.75) is 33.6 Å². The van der Waals surface area contributed by atoms with E-state index in [4.69, 9.17) is 5.73 Å². The molecule has 2 rings (SSSR count). The lowest BCUT2D eigenvalue weighted by Crippen LogP contribution is -2.37. The zero-order chi connectivity index (χ0) is 11.8. The van der Waals surface area contributed by atoms with Gasteiger partial charge in [0, 0.05) is 13.1 Å². The molecule has 2 heterocycles. The zero-order valence-electron chi connectivity index (χ0n) is 10.5. The quantitative estimate of drug-likeness (QED) is 0.789. The molecule has 2 N–H and O–H groups in total. The number of pyridine rings is 1. The Bertz CT molecular complexity index is 375. The maximum Gasteiger partial charge on any atom is 0.128 e. The second kappa shape index (κ2) is 3.96. The predicted molar refractivity (Wildman–Crippen MR) is 68.6 cm³/mol. The van der Waals surface area contributed by atoms with Crippen molar-refractivity contribution in [1.29, 1.82) is 0 Å². The molecule has 1 aliphatic heterocycles. The molecule has 0 amide bonds. The molecule has 1 aromatic heterocycles. The van der Waals surface area contributed by atoms with E-state index in [1.165, 1.54) is 12.8 Å². The lowest BCUT2D eigenvalue weighted by molar-refractivity contribution is 0.279. The van der Waals surface area contributed by atoms with E-state index in [2.05, 4.69) is 29.8 Å². The largest absolute Gasteiger partial charge is 0.397 e. The minimum Gasteiger partial charge on any atom is -0.397 e. The fraction of sp³-hybridized carbons (Fsp3) is 0.615. The van der Waals surface area contributed by atoms with Crippen LogP contribution in [-0.4, -0.2) is 18.1 Å². The summed E-state index contributed by atoms with van der Waals surface area (Å²) in [5.41, 5.74) is 8.16. The molecule has 0 aliphatic carbocycles. The van der Waals surface area contributed by atoms with Gasteiger partial charge in [0.1, 0.15) is 5.82 Å². The fourth-order valence-corrected chi connectivity index (χ4v) is 2.07. The summed E-state index contributed by atoms with van der Waals surface area (Å²) in [6, 6.07) is 2.09. The van der Waals surface area contributed by atoms with E-state index in [9.17, 15) is 0 Å². The summed E-state index contributed by atoms with van der Waals surface area (Å²) in [7, 11) is 0. The molecule has 0 saturated carbocycles. The SMILES string of the molecule is Cc1cc(N2CCC(C)(C)CC2)ncc1N. The second-order valence-electron chi connectivity index (χ2n) is 5.55. The highest BCUT2D eigenvalue weighted by molar-refractivity contribution is 5.52. The van der Waals surface area contributed by atoms with Crippen molar-refractivity contribution < 1.29 is 0 Å². The van der Waals surface area contributed by atoms with E-state index >= 15 is 0 Å². The molecule has 0 unspecified atom stereocenters. The molecule has 16 heavy (non-hydrogen) atoms. The third-order valence-electron chi connectivity index (χ3n) is 3.58. The van der Waals surface area contributed by atoms with Gasteiger partial charge in [-0.3, -0.25) is 0 Å². The van der Waals surface area contributed by atoms with Crippen molar-refractivity contribution in [3.05, 3.63) is 17.8 Å². The number of nitrogens with two attached hydrogens (primary N) is 1. The van der Waals surface area contributed by atoms with Crippen LogP contribution in [0.15, 0.2) is 12.3 Å². The number of hydrogen-bond acceptors (Lipinski definition) is 3. The molecule has 88 valence electrons. The van der Waals surface area contributed by atoms with Gasteiger partial charge in [0.2, 0.25) is 0 Å². The smallest absolute Gasteiger partial charge is 0.128 e. The Labute approximate surface area is 97.7 Å². The second-order valence-corrected chi connectivity index (χ2v) is 5.55. The van der Waals surface area contributed by atoms with E-state index in [1.807, 2.05) is 6.92 Å². The molecule has 0 spiro atoms. The maximum atomic E-state index is 5.78. The normalized spacial score (nSPS) is 19.8. The van der Waals surface area contributed by atoms with E-state index < -0.39 is 0 Å². The van der Waals surface area contributed by atoms with Gasteiger partial charge in [-0.05, 0) is 36.8 Å². The van der Waals surface area contributed by atoms with Gasteiger partial charge >= 0.3 is 0 Å². The number of nitrogen functional groups attached to an aromatic ring is 1. The molecular weight excluding hydrogens is 198 g/mol. The van der Waals surface area contributed by atoms with Gasteiger partial charge in [-0.1, -0.05) is 13.8 Å². The van der Waals surface area contributed by atoms with Gasteiger partial charge in [0.05, 0.1) is 11.9 Å². The van der Waals surface area contributed by atoms with E-state index in [1.54, 1.807) is 6.20 Å². The van der Waals surface area contributed by atoms with Crippen LogP contribution in [0.25, 0.3) is 0 Å². The van der Waals surface area contributed by atoms with Crippen molar-refractivity contribution in [3.63, 3.8) is 0 Å². The summed E-state index contributed by atoms with van der Waals surface area (Å²) in [6.07, 6.45) is 4.24. The van der Waals surface area contributed by atoms with Crippen molar-refractivity contribution in [1.82, 2.24) is 4.98 Å². The Morgan fingerprint density at radius 2 is 1.94 bits per heavy atom. The predicted octanol–water partition coefficient (Wildman–Crippen LogP) is 2.60. The van der Waals surface area contributed by atoms with Crippen LogP contribution in [0.5, 0.6) is 0 Å². The first-order chi connectivity index (χ1) is 7.48. The highest BCUT2D eigenvalue weighted by Crippen LogP contribution is 2.31.